The Morgan fingerprint density at radius 2 is 1.94 bits per heavy atom. The molecule has 3 heterocycles. The van der Waals surface area contributed by atoms with Gasteiger partial charge in [-0.05, 0) is 49.8 Å². The van der Waals surface area contributed by atoms with Crippen molar-refractivity contribution in [3.05, 3.63) is 54.2 Å². The molecule has 190 valence electrons. The molecule has 2 fully saturated rings. The van der Waals surface area contributed by atoms with Crippen molar-refractivity contribution in [3.63, 3.8) is 0 Å². The van der Waals surface area contributed by atoms with Gasteiger partial charge < -0.3 is 30.5 Å². The van der Waals surface area contributed by atoms with Crippen molar-refractivity contribution in [2.24, 2.45) is 11.7 Å². The number of urea groups is 1. The summed E-state index contributed by atoms with van der Waals surface area (Å²) in [6.07, 6.45) is 4.93. The van der Waals surface area contributed by atoms with Gasteiger partial charge in [-0.2, -0.15) is 0 Å². The first kappa shape index (κ1) is 25.6. The molecule has 2 aliphatic heterocycles. The van der Waals surface area contributed by atoms with Crippen molar-refractivity contribution in [1.82, 2.24) is 14.8 Å². The third-order valence-corrected chi connectivity index (χ3v) is 7.46. The molecular weight excluding hydrogens is 444 g/mol. The summed E-state index contributed by atoms with van der Waals surface area (Å²) in [4.78, 5) is 21.3. The van der Waals surface area contributed by atoms with E-state index in [0.29, 0.717) is 32.7 Å². The lowest BCUT2D eigenvalue weighted by atomic mass is 9.72. The molecule has 8 nitrogen and oxygen atoms in total. The van der Waals surface area contributed by atoms with Crippen molar-refractivity contribution in [2.75, 3.05) is 39.9 Å². The normalized spacial score (nSPS) is 24.4. The Bertz CT molecular complexity index is 965. The number of nitrogens with zero attached hydrogens (tertiary/aromatic N) is 3. The molecule has 0 spiro atoms. The van der Waals surface area contributed by atoms with Crippen molar-refractivity contribution in [2.45, 2.75) is 49.9 Å². The zero-order valence-electron chi connectivity index (χ0n) is 20.6. The number of pyridine rings is 1. The van der Waals surface area contributed by atoms with E-state index in [2.05, 4.69) is 4.98 Å². The number of aliphatic hydroxyl groups excluding tert-OH is 1. The highest BCUT2D eigenvalue weighted by Crippen LogP contribution is 2.43. The largest absolute Gasteiger partial charge is 0.390 e. The number of aliphatic hydroxyl groups is 2. The van der Waals surface area contributed by atoms with Crippen molar-refractivity contribution in [3.8, 4) is 11.3 Å². The maximum absolute atomic E-state index is 13.3. The lowest BCUT2D eigenvalue weighted by Crippen LogP contribution is -2.52. The minimum atomic E-state index is -1.12. The van der Waals surface area contributed by atoms with Crippen LogP contribution in [0, 0.1) is 5.92 Å². The van der Waals surface area contributed by atoms with E-state index in [0.717, 1.165) is 42.5 Å². The number of carbonyl (C=O) groups excluding carboxylic acids is 1. The van der Waals surface area contributed by atoms with E-state index in [1.165, 1.54) is 0 Å². The molecule has 2 saturated heterocycles. The number of carbonyl (C=O) groups is 1. The number of likely N-dealkylation sites (tertiary alicyclic amines) is 2. The standard InChI is InChI=1S/C27H38N4O4/c1-35-16-7-5-13-27(34,22-11-3-2-10-21(22)24-12-4-6-14-29-24)20-9-8-15-30(17-20)26(33)31-18-23(28)25(32)19-31/h2-4,6,10-12,14,20,23,25,32,34H,5,7-9,13,15-19,28H2,1H3/t20?,23-,25+,27+/m1/s1. The van der Waals surface area contributed by atoms with E-state index < -0.39 is 17.7 Å². The summed E-state index contributed by atoms with van der Waals surface area (Å²) in [5.74, 6) is -0.131. The van der Waals surface area contributed by atoms with Gasteiger partial charge in [0.2, 0.25) is 0 Å². The Morgan fingerprint density at radius 3 is 2.66 bits per heavy atom. The number of rotatable bonds is 8. The summed E-state index contributed by atoms with van der Waals surface area (Å²) in [7, 11) is 1.69. The molecular formula is C27H38N4O4. The van der Waals surface area contributed by atoms with Gasteiger partial charge in [0.1, 0.15) is 0 Å². The number of piperidine rings is 1. The van der Waals surface area contributed by atoms with Gasteiger partial charge in [-0.25, -0.2) is 4.79 Å². The van der Waals surface area contributed by atoms with Gasteiger partial charge in [0.15, 0.2) is 0 Å². The molecule has 4 atom stereocenters. The summed E-state index contributed by atoms with van der Waals surface area (Å²) in [5, 5.41) is 22.4. The highest BCUT2D eigenvalue weighted by atomic mass is 16.5. The molecule has 35 heavy (non-hydrogen) atoms. The summed E-state index contributed by atoms with van der Waals surface area (Å²) < 4.78 is 5.24. The van der Waals surface area contributed by atoms with E-state index in [1.807, 2.05) is 47.4 Å². The Morgan fingerprint density at radius 1 is 1.14 bits per heavy atom. The Labute approximate surface area is 207 Å². The van der Waals surface area contributed by atoms with Gasteiger partial charge in [-0.3, -0.25) is 4.98 Å². The van der Waals surface area contributed by atoms with Crippen LogP contribution in [0.4, 0.5) is 4.79 Å². The van der Waals surface area contributed by atoms with Gasteiger partial charge in [-0.1, -0.05) is 30.3 Å². The number of aromatic nitrogens is 1. The summed E-state index contributed by atoms with van der Waals surface area (Å²) in [5.41, 5.74) is 7.41. The van der Waals surface area contributed by atoms with Crippen LogP contribution in [0.15, 0.2) is 48.7 Å². The van der Waals surface area contributed by atoms with Crippen LogP contribution in [0.2, 0.25) is 0 Å². The Kier molecular flexibility index (Phi) is 8.38. The molecule has 2 aliphatic rings. The zero-order chi connectivity index (χ0) is 24.8. The number of hydrogen-bond donors (Lipinski definition) is 3. The molecule has 1 aromatic heterocycles. The number of methoxy groups -OCH3 is 1. The fourth-order valence-electron chi connectivity index (χ4n) is 5.51. The summed E-state index contributed by atoms with van der Waals surface area (Å²) >= 11 is 0. The second-order valence-electron chi connectivity index (χ2n) is 9.84. The van der Waals surface area contributed by atoms with Crippen LogP contribution < -0.4 is 5.73 Å². The van der Waals surface area contributed by atoms with Crippen LogP contribution in [0.1, 0.15) is 37.7 Å². The maximum Gasteiger partial charge on any atom is 0.320 e. The van der Waals surface area contributed by atoms with Gasteiger partial charge in [-0.15, -0.1) is 0 Å². The average molecular weight is 483 g/mol. The monoisotopic (exact) mass is 482 g/mol. The Hall–Kier alpha value is -2.52. The molecule has 0 aliphatic carbocycles. The molecule has 0 bridgehead atoms. The van der Waals surface area contributed by atoms with Gasteiger partial charge in [0.25, 0.3) is 0 Å². The van der Waals surface area contributed by atoms with Gasteiger partial charge in [0, 0.05) is 63.6 Å². The van der Waals surface area contributed by atoms with E-state index in [-0.39, 0.29) is 18.5 Å². The second kappa shape index (κ2) is 11.5. The minimum absolute atomic E-state index is 0.110. The Balaban J connectivity index is 1.62. The molecule has 8 heteroatoms. The third kappa shape index (κ3) is 5.67. The van der Waals surface area contributed by atoms with E-state index in [1.54, 1.807) is 18.2 Å². The molecule has 4 rings (SSSR count). The number of hydrogen-bond acceptors (Lipinski definition) is 6. The number of nitrogens with two attached hydrogens (primary N) is 1. The van der Waals surface area contributed by atoms with Crippen LogP contribution in [0.25, 0.3) is 11.3 Å². The summed E-state index contributed by atoms with van der Waals surface area (Å²) in [6.45, 7) is 2.34. The van der Waals surface area contributed by atoms with Gasteiger partial charge in [0.05, 0.1) is 17.4 Å². The molecule has 2 aromatic rings. The lowest BCUT2D eigenvalue weighted by molar-refractivity contribution is -0.0572. The zero-order valence-corrected chi connectivity index (χ0v) is 20.6. The van der Waals surface area contributed by atoms with Crippen molar-refractivity contribution >= 4 is 6.03 Å². The van der Waals surface area contributed by atoms with Crippen LogP contribution in [0.3, 0.4) is 0 Å². The highest BCUT2D eigenvalue weighted by molar-refractivity contribution is 5.75. The molecule has 1 aromatic carbocycles. The number of unbranched alkanes of at least 4 members (excludes halogenated alkanes) is 1. The number of ether oxygens (including phenoxy) is 1. The van der Waals surface area contributed by atoms with Crippen LogP contribution >= 0.6 is 0 Å². The molecule has 4 N–H and O–H groups in total. The molecule has 2 amide bonds. The third-order valence-electron chi connectivity index (χ3n) is 7.46. The van der Waals surface area contributed by atoms with Crippen LogP contribution in [-0.4, -0.2) is 83.1 Å². The lowest BCUT2D eigenvalue weighted by Gasteiger charge is -2.44. The quantitative estimate of drug-likeness (QED) is 0.499. The van der Waals surface area contributed by atoms with E-state index in [9.17, 15) is 15.0 Å². The first-order valence-electron chi connectivity index (χ1n) is 12.6. The topological polar surface area (TPSA) is 112 Å². The first-order chi connectivity index (χ1) is 16.9. The van der Waals surface area contributed by atoms with Crippen LogP contribution in [0.5, 0.6) is 0 Å². The molecule has 0 saturated carbocycles. The minimum Gasteiger partial charge on any atom is -0.390 e. The maximum atomic E-state index is 13.3. The van der Waals surface area contributed by atoms with Crippen LogP contribution in [-0.2, 0) is 10.3 Å². The average Bonchev–Trinajstić information content (AvgIpc) is 3.24. The molecule has 1 unspecified atom stereocenters. The smallest absolute Gasteiger partial charge is 0.320 e. The second-order valence-corrected chi connectivity index (χ2v) is 9.84. The molecule has 0 radical (unpaired) electrons. The van der Waals surface area contributed by atoms with Gasteiger partial charge >= 0.3 is 6.03 Å². The first-order valence-corrected chi connectivity index (χ1v) is 12.6. The predicted molar refractivity (Wildman–Crippen MR) is 135 cm³/mol. The SMILES string of the molecule is COCCCC[C@@](O)(c1ccccc1-c1ccccn1)C1CCCN(C(=O)N2C[C@@H](N)[C@@H](O)C2)C1. The van der Waals surface area contributed by atoms with Crippen molar-refractivity contribution < 1.29 is 19.7 Å². The van der Waals surface area contributed by atoms with Crippen molar-refractivity contribution in [1.29, 1.82) is 0 Å². The number of amides is 2. The number of β-amino-alcohol motifs (C(OH)–C–C–N with tert-alkyl or cyclic N) is 1. The predicted octanol–water partition coefficient (Wildman–Crippen LogP) is 2.59. The fraction of sp³-hybridized carbons (Fsp3) is 0.556. The number of benzene rings is 1. The van der Waals surface area contributed by atoms with E-state index >= 15 is 0 Å². The fourth-order valence-corrected chi connectivity index (χ4v) is 5.51. The highest BCUT2D eigenvalue weighted by Gasteiger charge is 2.43. The summed E-state index contributed by atoms with van der Waals surface area (Å²) in [6, 6.07) is 13.2. The van der Waals surface area contributed by atoms with E-state index in [4.69, 9.17) is 10.5 Å².